The van der Waals surface area contributed by atoms with Crippen LogP contribution in [0.2, 0.25) is 4.34 Å². The minimum atomic E-state index is -0.238. The zero-order chi connectivity index (χ0) is 15.5. The molecule has 2 aromatic heterocycles. The molecule has 1 fully saturated rings. The number of rotatable bonds is 4. The van der Waals surface area contributed by atoms with Gasteiger partial charge in [-0.15, -0.1) is 11.3 Å². The van der Waals surface area contributed by atoms with Crippen molar-refractivity contribution >= 4 is 28.8 Å². The maximum Gasteiger partial charge on any atom is 0.247 e. The SMILES string of the molecule is C[C@@H](C(=O)N1CCN(Cc2ccc(Cl)s2)CC1)n1cccn1. The van der Waals surface area contributed by atoms with Crippen molar-refractivity contribution in [2.45, 2.75) is 19.5 Å². The lowest BCUT2D eigenvalue weighted by molar-refractivity contribution is -0.136. The zero-order valence-electron chi connectivity index (χ0n) is 12.5. The van der Waals surface area contributed by atoms with Gasteiger partial charge in [0.15, 0.2) is 0 Å². The van der Waals surface area contributed by atoms with Crippen LogP contribution in [0.1, 0.15) is 17.8 Å². The lowest BCUT2D eigenvalue weighted by atomic mass is 10.2. The molecule has 0 aromatic carbocycles. The third-order valence-corrected chi connectivity index (χ3v) is 5.19. The van der Waals surface area contributed by atoms with Crippen LogP contribution in [-0.2, 0) is 11.3 Å². The molecule has 2 aromatic rings. The average Bonchev–Trinajstić information content (AvgIpc) is 3.18. The molecule has 1 aliphatic heterocycles. The molecule has 1 aliphatic rings. The highest BCUT2D eigenvalue weighted by atomic mass is 35.5. The lowest BCUT2D eigenvalue weighted by Gasteiger charge is -2.35. The Labute approximate surface area is 139 Å². The predicted molar refractivity (Wildman–Crippen MR) is 88.1 cm³/mol. The van der Waals surface area contributed by atoms with Gasteiger partial charge in [-0.25, -0.2) is 0 Å². The lowest BCUT2D eigenvalue weighted by Crippen LogP contribution is -2.49. The second kappa shape index (κ2) is 6.81. The first-order valence-corrected chi connectivity index (χ1v) is 8.57. The number of amides is 1. The number of nitrogens with zero attached hydrogens (tertiary/aromatic N) is 4. The Balaban J connectivity index is 1.52. The summed E-state index contributed by atoms with van der Waals surface area (Å²) < 4.78 is 2.54. The Morgan fingerprint density at radius 2 is 2.14 bits per heavy atom. The first-order valence-electron chi connectivity index (χ1n) is 7.38. The average molecular weight is 339 g/mol. The first-order chi connectivity index (χ1) is 10.6. The van der Waals surface area contributed by atoms with Gasteiger partial charge in [-0.1, -0.05) is 11.6 Å². The molecule has 0 N–H and O–H groups in total. The van der Waals surface area contributed by atoms with E-state index >= 15 is 0 Å². The summed E-state index contributed by atoms with van der Waals surface area (Å²) in [5.74, 6) is 0.141. The van der Waals surface area contributed by atoms with Crippen LogP contribution in [0.15, 0.2) is 30.6 Å². The summed E-state index contributed by atoms with van der Waals surface area (Å²) in [6, 6.07) is 5.61. The van der Waals surface area contributed by atoms with E-state index in [0.717, 1.165) is 37.1 Å². The van der Waals surface area contributed by atoms with Crippen molar-refractivity contribution in [1.82, 2.24) is 19.6 Å². The fraction of sp³-hybridized carbons (Fsp3) is 0.467. The first kappa shape index (κ1) is 15.5. The van der Waals surface area contributed by atoms with Crippen LogP contribution in [0.4, 0.5) is 0 Å². The smallest absolute Gasteiger partial charge is 0.247 e. The standard InChI is InChI=1S/C15H19ClN4OS/c1-12(20-6-2-5-17-20)15(21)19-9-7-18(8-10-19)11-13-3-4-14(16)22-13/h2-6,12H,7-11H2,1H3/t12-/m0/s1. The minimum absolute atomic E-state index is 0.141. The molecule has 0 spiro atoms. The van der Waals surface area contributed by atoms with Gasteiger partial charge in [0.2, 0.25) is 5.91 Å². The van der Waals surface area contributed by atoms with Crippen LogP contribution >= 0.6 is 22.9 Å². The second-order valence-electron chi connectivity index (χ2n) is 5.47. The van der Waals surface area contributed by atoms with E-state index in [0.29, 0.717) is 0 Å². The van der Waals surface area contributed by atoms with Gasteiger partial charge in [-0.05, 0) is 25.1 Å². The number of carbonyl (C=O) groups excluding carboxylic acids is 1. The Bertz CT molecular complexity index is 619. The van der Waals surface area contributed by atoms with Crippen LogP contribution < -0.4 is 0 Å². The van der Waals surface area contributed by atoms with Crippen LogP contribution in [0.3, 0.4) is 0 Å². The zero-order valence-corrected chi connectivity index (χ0v) is 14.1. The van der Waals surface area contributed by atoms with E-state index in [1.165, 1.54) is 4.88 Å². The minimum Gasteiger partial charge on any atom is -0.338 e. The molecule has 7 heteroatoms. The molecular weight excluding hydrogens is 320 g/mol. The van der Waals surface area contributed by atoms with Gasteiger partial charge in [-0.2, -0.15) is 5.10 Å². The molecule has 3 heterocycles. The molecule has 0 radical (unpaired) electrons. The highest BCUT2D eigenvalue weighted by Gasteiger charge is 2.26. The Morgan fingerprint density at radius 1 is 1.36 bits per heavy atom. The molecule has 3 rings (SSSR count). The summed E-state index contributed by atoms with van der Waals surface area (Å²) >= 11 is 7.59. The van der Waals surface area contributed by atoms with E-state index in [1.807, 2.05) is 30.2 Å². The van der Waals surface area contributed by atoms with E-state index in [4.69, 9.17) is 11.6 Å². The summed E-state index contributed by atoms with van der Waals surface area (Å²) in [4.78, 5) is 18.1. The summed E-state index contributed by atoms with van der Waals surface area (Å²) in [6.07, 6.45) is 3.53. The molecule has 0 saturated carbocycles. The van der Waals surface area contributed by atoms with Crippen molar-refractivity contribution < 1.29 is 4.79 Å². The Kier molecular flexibility index (Phi) is 4.81. The molecular formula is C15H19ClN4OS. The van der Waals surface area contributed by atoms with Gasteiger partial charge in [0.1, 0.15) is 6.04 Å². The van der Waals surface area contributed by atoms with E-state index in [2.05, 4.69) is 16.1 Å². The number of aromatic nitrogens is 2. The number of carbonyl (C=O) groups is 1. The Morgan fingerprint density at radius 3 is 2.73 bits per heavy atom. The van der Waals surface area contributed by atoms with Crippen LogP contribution in [0.5, 0.6) is 0 Å². The Hall–Kier alpha value is -1.37. The topological polar surface area (TPSA) is 41.4 Å². The van der Waals surface area contributed by atoms with Gasteiger partial charge < -0.3 is 4.90 Å². The van der Waals surface area contributed by atoms with Gasteiger partial charge in [-0.3, -0.25) is 14.4 Å². The van der Waals surface area contributed by atoms with Crippen molar-refractivity contribution in [1.29, 1.82) is 0 Å². The van der Waals surface area contributed by atoms with Crippen LogP contribution in [0.25, 0.3) is 0 Å². The van der Waals surface area contributed by atoms with E-state index in [1.54, 1.807) is 22.2 Å². The van der Waals surface area contributed by atoms with Crippen LogP contribution in [-0.4, -0.2) is 51.7 Å². The maximum absolute atomic E-state index is 12.5. The number of halogens is 1. The van der Waals surface area contributed by atoms with Gasteiger partial charge in [0, 0.05) is 50.0 Å². The summed E-state index contributed by atoms with van der Waals surface area (Å²) in [7, 11) is 0. The molecule has 1 saturated heterocycles. The van der Waals surface area contributed by atoms with E-state index in [9.17, 15) is 4.79 Å². The van der Waals surface area contributed by atoms with Crippen molar-refractivity contribution in [3.63, 3.8) is 0 Å². The number of thiophene rings is 1. The monoisotopic (exact) mass is 338 g/mol. The number of piperazine rings is 1. The van der Waals surface area contributed by atoms with E-state index < -0.39 is 0 Å². The highest BCUT2D eigenvalue weighted by molar-refractivity contribution is 7.16. The molecule has 0 aliphatic carbocycles. The fourth-order valence-corrected chi connectivity index (χ4v) is 3.80. The molecule has 5 nitrogen and oxygen atoms in total. The quantitative estimate of drug-likeness (QED) is 0.860. The molecule has 118 valence electrons. The number of hydrogen-bond acceptors (Lipinski definition) is 4. The molecule has 1 atom stereocenters. The molecule has 22 heavy (non-hydrogen) atoms. The third-order valence-electron chi connectivity index (χ3n) is 3.97. The van der Waals surface area contributed by atoms with Gasteiger partial charge in [0.05, 0.1) is 4.34 Å². The maximum atomic E-state index is 12.5. The van der Waals surface area contributed by atoms with Crippen molar-refractivity contribution in [2.75, 3.05) is 26.2 Å². The van der Waals surface area contributed by atoms with Crippen molar-refractivity contribution in [3.8, 4) is 0 Å². The summed E-state index contributed by atoms with van der Waals surface area (Å²) in [5, 5.41) is 4.15. The third kappa shape index (κ3) is 3.51. The molecule has 0 unspecified atom stereocenters. The normalized spacial score (nSPS) is 17.6. The van der Waals surface area contributed by atoms with Gasteiger partial charge in [0.25, 0.3) is 0 Å². The van der Waals surface area contributed by atoms with Crippen LogP contribution in [0, 0.1) is 0 Å². The van der Waals surface area contributed by atoms with Gasteiger partial charge >= 0.3 is 0 Å². The predicted octanol–water partition coefficient (Wildman–Crippen LogP) is 2.50. The second-order valence-corrected chi connectivity index (χ2v) is 7.27. The van der Waals surface area contributed by atoms with Crippen molar-refractivity contribution in [2.24, 2.45) is 0 Å². The number of hydrogen-bond donors (Lipinski definition) is 0. The van der Waals surface area contributed by atoms with E-state index in [-0.39, 0.29) is 11.9 Å². The largest absolute Gasteiger partial charge is 0.338 e. The molecule has 1 amide bonds. The molecule has 0 bridgehead atoms. The van der Waals surface area contributed by atoms with Crippen molar-refractivity contribution in [3.05, 3.63) is 39.8 Å². The highest BCUT2D eigenvalue weighted by Crippen LogP contribution is 2.23. The fourth-order valence-electron chi connectivity index (χ4n) is 2.67. The summed E-state index contributed by atoms with van der Waals surface area (Å²) in [5.41, 5.74) is 0. The summed E-state index contributed by atoms with van der Waals surface area (Å²) in [6.45, 7) is 6.14.